The standard InChI is InChI=1S/C11H4F5I4NO6S/c12-10(13,14)9(11(15,16)28(25,26)27)21-7(22)1-2(8(23)24)4(18)6(20)5(19)3(1)17/h9H,(H,21,22)(H,23,24)(H,25,26,27). The smallest absolute Gasteiger partial charge is 0.415 e. The van der Waals surface area contributed by atoms with Crippen LogP contribution in [0.5, 0.6) is 0 Å². The molecule has 0 aromatic heterocycles. The number of halogens is 9. The highest BCUT2D eigenvalue weighted by Gasteiger charge is 2.64. The molecule has 0 aliphatic rings. The Hall–Kier alpha value is 0.640. The van der Waals surface area contributed by atoms with E-state index in [1.165, 1.54) is 45.2 Å². The summed E-state index contributed by atoms with van der Waals surface area (Å²) in [6.45, 7) is 0. The number of amides is 1. The van der Waals surface area contributed by atoms with Crippen molar-refractivity contribution in [3.05, 3.63) is 25.4 Å². The highest BCUT2D eigenvalue weighted by Crippen LogP contribution is 2.37. The van der Waals surface area contributed by atoms with Gasteiger partial charge in [0.25, 0.3) is 5.91 Å². The Morgan fingerprint density at radius 1 is 0.893 bits per heavy atom. The number of aromatic carboxylic acids is 1. The number of nitrogens with one attached hydrogen (secondary N) is 1. The number of alkyl halides is 5. The first-order chi connectivity index (χ1) is 12.4. The van der Waals surface area contributed by atoms with E-state index in [9.17, 15) is 45.1 Å². The van der Waals surface area contributed by atoms with Crippen molar-refractivity contribution in [2.45, 2.75) is 17.5 Å². The van der Waals surface area contributed by atoms with Crippen molar-refractivity contribution in [3.8, 4) is 0 Å². The van der Waals surface area contributed by atoms with Crippen LogP contribution in [0, 0.1) is 14.3 Å². The van der Waals surface area contributed by atoms with E-state index in [1.807, 2.05) is 0 Å². The van der Waals surface area contributed by atoms with Crippen LogP contribution in [-0.4, -0.2) is 47.4 Å². The van der Waals surface area contributed by atoms with Gasteiger partial charge in [-0.2, -0.15) is 30.4 Å². The molecule has 0 bridgehead atoms. The number of hydrogen-bond acceptors (Lipinski definition) is 4. The van der Waals surface area contributed by atoms with Gasteiger partial charge in [0.2, 0.25) is 6.04 Å². The van der Waals surface area contributed by atoms with E-state index in [1.54, 1.807) is 45.2 Å². The number of carbonyl (C=O) groups excluding carboxylic acids is 1. The summed E-state index contributed by atoms with van der Waals surface area (Å²) in [6.07, 6.45) is -5.99. The second-order valence-electron chi connectivity index (χ2n) is 4.80. The number of hydrogen-bond donors (Lipinski definition) is 3. The molecule has 0 saturated carbocycles. The molecule has 17 heteroatoms. The van der Waals surface area contributed by atoms with Crippen LogP contribution in [0.2, 0.25) is 0 Å². The highest BCUT2D eigenvalue weighted by atomic mass is 127. The molecule has 0 heterocycles. The zero-order valence-electron chi connectivity index (χ0n) is 12.4. The van der Waals surface area contributed by atoms with E-state index in [2.05, 4.69) is 0 Å². The molecule has 1 aromatic rings. The molecule has 158 valence electrons. The number of carboxylic acid groups (broad SMARTS) is 1. The van der Waals surface area contributed by atoms with Crippen LogP contribution >= 0.6 is 90.4 Å². The molecule has 0 spiro atoms. The summed E-state index contributed by atoms with van der Waals surface area (Å²) >= 11 is 6.37. The van der Waals surface area contributed by atoms with Gasteiger partial charge in [-0.25, -0.2) is 4.79 Å². The molecule has 0 aliphatic heterocycles. The molecule has 1 amide bonds. The third-order valence-corrected chi connectivity index (χ3v) is 11.3. The lowest BCUT2D eigenvalue weighted by molar-refractivity contribution is -0.191. The monoisotopic (exact) mass is 881 g/mol. The van der Waals surface area contributed by atoms with Crippen LogP contribution in [0.25, 0.3) is 0 Å². The molecule has 0 radical (unpaired) electrons. The van der Waals surface area contributed by atoms with Gasteiger partial charge in [-0.15, -0.1) is 0 Å². The van der Waals surface area contributed by atoms with Gasteiger partial charge in [-0.1, -0.05) is 0 Å². The number of carboxylic acids is 1. The van der Waals surface area contributed by atoms with Gasteiger partial charge in [0, 0.05) is 14.3 Å². The maximum atomic E-state index is 13.7. The van der Waals surface area contributed by atoms with Crippen LogP contribution in [0.4, 0.5) is 22.0 Å². The molecule has 1 atom stereocenters. The lowest BCUT2D eigenvalue weighted by Crippen LogP contribution is -2.59. The van der Waals surface area contributed by atoms with Crippen LogP contribution < -0.4 is 5.32 Å². The highest BCUT2D eigenvalue weighted by molar-refractivity contribution is 14.1. The maximum absolute atomic E-state index is 13.7. The average molecular weight is 881 g/mol. The predicted molar refractivity (Wildman–Crippen MR) is 118 cm³/mol. The van der Waals surface area contributed by atoms with E-state index >= 15 is 0 Å². The average Bonchev–Trinajstić information content (AvgIpc) is 2.50. The summed E-state index contributed by atoms with van der Waals surface area (Å²) in [5, 5.41) is 4.30. The fourth-order valence-electron chi connectivity index (χ4n) is 1.75. The minimum absolute atomic E-state index is 0.0363. The molecule has 28 heavy (non-hydrogen) atoms. The van der Waals surface area contributed by atoms with Crippen LogP contribution in [-0.2, 0) is 10.1 Å². The Morgan fingerprint density at radius 2 is 1.29 bits per heavy atom. The molecular weight excluding hydrogens is 877 g/mol. The lowest BCUT2D eigenvalue weighted by atomic mass is 10.1. The van der Waals surface area contributed by atoms with Crippen LogP contribution in [0.15, 0.2) is 0 Å². The molecular formula is C11H4F5I4NO6S. The Bertz CT molecular complexity index is 952. The largest absolute Gasteiger partial charge is 0.478 e. The van der Waals surface area contributed by atoms with Crippen molar-refractivity contribution in [3.63, 3.8) is 0 Å². The predicted octanol–water partition coefficient (Wildman–Crippen LogP) is 3.94. The number of rotatable bonds is 5. The third-order valence-electron chi connectivity index (χ3n) is 2.99. The van der Waals surface area contributed by atoms with E-state index in [0.29, 0.717) is 3.57 Å². The summed E-state index contributed by atoms with van der Waals surface area (Å²) in [5.74, 6) is -3.62. The lowest BCUT2D eigenvalue weighted by Gasteiger charge is -2.27. The summed E-state index contributed by atoms with van der Waals surface area (Å²) in [5.41, 5.74) is -1.61. The molecule has 3 N–H and O–H groups in total. The quantitative estimate of drug-likeness (QED) is 0.136. The SMILES string of the molecule is O=C(O)c1c(I)c(I)c(I)c(I)c1C(=O)NC(C(F)(F)F)C(F)(F)S(=O)(=O)O. The van der Waals surface area contributed by atoms with Crippen LogP contribution in [0.1, 0.15) is 20.7 Å². The van der Waals surface area contributed by atoms with Crippen molar-refractivity contribution in [1.82, 2.24) is 5.32 Å². The Balaban J connectivity index is 3.69. The topological polar surface area (TPSA) is 121 Å². The van der Waals surface area contributed by atoms with Gasteiger partial charge in [-0.05, 0) is 90.4 Å². The molecule has 1 rings (SSSR count). The summed E-state index contributed by atoms with van der Waals surface area (Å²) in [7, 11) is -6.56. The van der Waals surface area contributed by atoms with Crippen molar-refractivity contribution in [1.29, 1.82) is 0 Å². The first-order valence-electron chi connectivity index (χ1n) is 6.17. The molecule has 0 saturated heterocycles. The molecule has 0 fully saturated rings. The Morgan fingerprint density at radius 3 is 1.61 bits per heavy atom. The normalized spacial score (nSPS) is 13.9. The first kappa shape index (κ1) is 26.7. The Labute approximate surface area is 207 Å². The van der Waals surface area contributed by atoms with Crippen molar-refractivity contribution >= 4 is 112 Å². The zero-order chi connectivity index (χ0) is 22.4. The van der Waals surface area contributed by atoms with Crippen molar-refractivity contribution in [2.24, 2.45) is 0 Å². The van der Waals surface area contributed by atoms with E-state index in [0.717, 1.165) is 5.32 Å². The van der Waals surface area contributed by atoms with E-state index in [4.69, 9.17) is 4.55 Å². The third kappa shape index (κ3) is 5.27. The maximum Gasteiger partial charge on any atom is 0.415 e. The number of carbonyl (C=O) groups is 2. The molecule has 1 unspecified atom stereocenters. The zero-order valence-corrected chi connectivity index (χ0v) is 21.9. The van der Waals surface area contributed by atoms with Gasteiger partial charge < -0.3 is 10.4 Å². The van der Waals surface area contributed by atoms with Crippen LogP contribution in [0.3, 0.4) is 0 Å². The summed E-state index contributed by atoms with van der Waals surface area (Å²) < 4.78 is 96.7. The fraction of sp³-hybridized carbons (Fsp3) is 0.273. The molecule has 1 aromatic carbocycles. The molecule has 0 aliphatic carbocycles. The van der Waals surface area contributed by atoms with Gasteiger partial charge in [0.1, 0.15) is 0 Å². The summed E-state index contributed by atoms with van der Waals surface area (Å²) in [4.78, 5) is 23.8. The fourth-order valence-corrected chi connectivity index (χ4v) is 5.91. The van der Waals surface area contributed by atoms with Gasteiger partial charge in [0.05, 0.1) is 11.1 Å². The number of benzene rings is 1. The van der Waals surface area contributed by atoms with E-state index in [-0.39, 0.29) is 10.7 Å². The van der Waals surface area contributed by atoms with Gasteiger partial charge in [0.15, 0.2) is 0 Å². The minimum Gasteiger partial charge on any atom is -0.478 e. The minimum atomic E-state index is -6.56. The van der Waals surface area contributed by atoms with E-state index < -0.39 is 50.6 Å². The second kappa shape index (κ2) is 9.02. The molecule has 7 nitrogen and oxygen atoms in total. The summed E-state index contributed by atoms with van der Waals surface area (Å²) in [6, 6.07) is -4.32. The first-order valence-corrected chi connectivity index (χ1v) is 11.9. The van der Waals surface area contributed by atoms with Gasteiger partial charge >= 0.3 is 27.5 Å². The second-order valence-corrected chi connectivity index (χ2v) is 10.6. The van der Waals surface area contributed by atoms with Crippen molar-refractivity contribution < 1.29 is 49.6 Å². The Kier molecular flexibility index (Phi) is 8.59. The van der Waals surface area contributed by atoms with Gasteiger partial charge in [-0.3, -0.25) is 9.35 Å². The van der Waals surface area contributed by atoms with Crippen molar-refractivity contribution in [2.75, 3.05) is 0 Å².